The van der Waals surface area contributed by atoms with Gasteiger partial charge in [0.25, 0.3) is 0 Å². The van der Waals surface area contributed by atoms with Crippen LogP contribution in [-0.4, -0.2) is 29.7 Å². The lowest BCUT2D eigenvalue weighted by Gasteiger charge is -2.14. The molecular weight excluding hydrogens is 170 g/mol. The van der Waals surface area contributed by atoms with E-state index in [-0.39, 0.29) is 10.7 Å². The van der Waals surface area contributed by atoms with E-state index in [0.29, 0.717) is 0 Å². The maximum atomic E-state index is 10.5. The van der Waals surface area contributed by atoms with Crippen LogP contribution in [0.4, 0.5) is 0 Å². The number of hydrogen-bond acceptors (Lipinski definition) is 2. The lowest BCUT2D eigenvalue weighted by molar-refractivity contribution is -0.113. The van der Waals surface area contributed by atoms with E-state index in [1.165, 1.54) is 0 Å². The Bertz CT molecular complexity index is 92.4. The molecule has 48 valence electrons. The van der Waals surface area contributed by atoms with Gasteiger partial charge in [0.15, 0.2) is 0 Å². The summed E-state index contributed by atoms with van der Waals surface area (Å²) in [6, 6.07) is -0.0185. The highest BCUT2D eigenvalue weighted by Gasteiger charge is 2.09. The zero-order chi connectivity index (χ0) is 6.73. The molecule has 3 heteroatoms. The van der Waals surface area contributed by atoms with Crippen molar-refractivity contribution in [2.45, 2.75) is 13.0 Å². The van der Waals surface area contributed by atoms with Gasteiger partial charge < -0.3 is 0 Å². The van der Waals surface area contributed by atoms with Crippen LogP contribution in [0, 0.1) is 0 Å². The van der Waals surface area contributed by atoms with Crippen LogP contribution in [-0.2, 0) is 4.79 Å². The fourth-order valence-corrected chi connectivity index (χ4v) is 0.613. The molecule has 0 spiro atoms. The highest BCUT2D eigenvalue weighted by molar-refractivity contribution is 9.18. The van der Waals surface area contributed by atoms with Crippen LogP contribution in [0.25, 0.3) is 0 Å². The molecule has 0 N–H and O–H groups in total. The molecule has 0 saturated carbocycles. The molecule has 1 atom stereocenters. The van der Waals surface area contributed by atoms with Gasteiger partial charge in [0.2, 0.25) is 4.69 Å². The summed E-state index contributed by atoms with van der Waals surface area (Å²) in [7, 11) is 3.73. The van der Waals surface area contributed by atoms with Gasteiger partial charge in [-0.3, -0.25) is 9.69 Å². The van der Waals surface area contributed by atoms with E-state index in [4.69, 9.17) is 0 Å². The largest absolute Gasteiger partial charge is 0.299 e. The summed E-state index contributed by atoms with van der Waals surface area (Å²) in [6.07, 6.45) is 0. The molecule has 0 aromatic carbocycles. The Balaban J connectivity index is 3.64. The average molecular weight is 180 g/mol. The second-order valence-corrected chi connectivity index (χ2v) is 2.73. The summed E-state index contributed by atoms with van der Waals surface area (Å²) in [6.45, 7) is 1.84. The molecule has 0 bridgehead atoms. The van der Waals surface area contributed by atoms with Crippen LogP contribution in [0.5, 0.6) is 0 Å². The lowest BCUT2D eigenvalue weighted by Crippen LogP contribution is -2.29. The number of carbonyl (C=O) groups is 1. The number of halogens is 1. The minimum Gasteiger partial charge on any atom is -0.299 e. The molecule has 0 saturated heterocycles. The van der Waals surface area contributed by atoms with Gasteiger partial charge in [-0.05, 0) is 36.9 Å². The summed E-state index contributed by atoms with van der Waals surface area (Å²) in [4.78, 5) is 12.3. The molecule has 0 radical (unpaired) electrons. The predicted molar refractivity (Wildman–Crippen MR) is 37.1 cm³/mol. The summed E-state index contributed by atoms with van der Waals surface area (Å²) < 4.78 is 0.0301. The van der Waals surface area contributed by atoms with Gasteiger partial charge in [0.05, 0.1) is 6.04 Å². The zero-order valence-electron chi connectivity index (χ0n) is 5.31. The van der Waals surface area contributed by atoms with Crippen LogP contribution in [0.1, 0.15) is 6.92 Å². The number of likely N-dealkylation sites (N-methyl/N-ethyl adjacent to an activating group) is 1. The van der Waals surface area contributed by atoms with Gasteiger partial charge in [-0.15, -0.1) is 0 Å². The number of rotatable bonds is 2. The van der Waals surface area contributed by atoms with E-state index >= 15 is 0 Å². The molecule has 0 aliphatic heterocycles. The normalized spacial score (nSPS) is 14.1. The maximum Gasteiger partial charge on any atom is 0.214 e. The van der Waals surface area contributed by atoms with Crippen LogP contribution in [0.2, 0.25) is 0 Å². The van der Waals surface area contributed by atoms with Crippen molar-refractivity contribution in [1.29, 1.82) is 0 Å². The average Bonchev–Trinajstić information content (AvgIpc) is 1.64. The smallest absolute Gasteiger partial charge is 0.214 e. The van der Waals surface area contributed by atoms with Gasteiger partial charge in [-0.2, -0.15) is 0 Å². The van der Waals surface area contributed by atoms with Crippen molar-refractivity contribution in [3.63, 3.8) is 0 Å². The highest BCUT2D eigenvalue weighted by atomic mass is 79.9. The summed E-state index contributed by atoms with van der Waals surface area (Å²) in [5.41, 5.74) is 0. The van der Waals surface area contributed by atoms with Crippen LogP contribution < -0.4 is 0 Å². The molecule has 0 aliphatic carbocycles. The Morgan fingerprint density at radius 3 is 2.00 bits per heavy atom. The Labute approximate surface area is 58.0 Å². The molecule has 0 fully saturated rings. The van der Waals surface area contributed by atoms with Crippen molar-refractivity contribution < 1.29 is 4.79 Å². The quantitative estimate of drug-likeness (QED) is 0.587. The van der Waals surface area contributed by atoms with Crippen molar-refractivity contribution in [2.24, 2.45) is 0 Å². The third-order valence-corrected chi connectivity index (χ3v) is 1.77. The molecule has 1 unspecified atom stereocenters. The molecule has 0 aliphatic rings. The molecule has 2 nitrogen and oxygen atoms in total. The van der Waals surface area contributed by atoms with Crippen LogP contribution in [0.3, 0.4) is 0 Å². The summed E-state index contributed by atoms with van der Waals surface area (Å²) in [5.74, 6) is 0. The third-order valence-electron chi connectivity index (χ3n) is 1.10. The van der Waals surface area contributed by atoms with E-state index in [2.05, 4.69) is 15.9 Å². The first-order valence-electron chi connectivity index (χ1n) is 2.41. The molecule has 0 aromatic heterocycles. The van der Waals surface area contributed by atoms with Gasteiger partial charge >= 0.3 is 0 Å². The van der Waals surface area contributed by atoms with Gasteiger partial charge in [-0.1, -0.05) is 0 Å². The van der Waals surface area contributed by atoms with E-state index in [0.717, 1.165) is 0 Å². The van der Waals surface area contributed by atoms with E-state index in [1.54, 1.807) is 0 Å². The summed E-state index contributed by atoms with van der Waals surface area (Å²) >= 11 is 2.86. The van der Waals surface area contributed by atoms with Gasteiger partial charge in [-0.25, -0.2) is 0 Å². The molecule has 0 rings (SSSR count). The minimum atomic E-state index is -0.0185. The molecule has 0 heterocycles. The zero-order valence-corrected chi connectivity index (χ0v) is 6.90. The van der Waals surface area contributed by atoms with E-state index in [9.17, 15) is 4.79 Å². The van der Waals surface area contributed by atoms with Crippen molar-refractivity contribution in [3.05, 3.63) is 0 Å². The van der Waals surface area contributed by atoms with Crippen molar-refractivity contribution in [3.8, 4) is 0 Å². The highest BCUT2D eigenvalue weighted by Crippen LogP contribution is 1.97. The number of carbonyl (C=O) groups excluding carboxylic acids is 1. The van der Waals surface area contributed by atoms with E-state index < -0.39 is 0 Å². The number of hydrogen-bond donors (Lipinski definition) is 0. The standard InChI is InChI=1S/C5H10BrNO/c1-4(5(6)8)7(2)3/h4H,1-3H3. The van der Waals surface area contributed by atoms with Crippen molar-refractivity contribution >= 4 is 20.6 Å². The third kappa shape index (κ3) is 2.43. The SMILES string of the molecule is CC(C(=O)Br)N(C)C. The fraction of sp³-hybridized carbons (Fsp3) is 0.800. The Morgan fingerprint density at radius 2 is 2.00 bits per heavy atom. The van der Waals surface area contributed by atoms with Gasteiger partial charge in [0, 0.05) is 0 Å². The predicted octanol–water partition coefficient (Wildman–Crippen LogP) is 0.858. The first-order valence-corrected chi connectivity index (χ1v) is 3.20. The maximum absolute atomic E-state index is 10.5. The van der Waals surface area contributed by atoms with Crippen LogP contribution in [0.15, 0.2) is 0 Å². The Morgan fingerprint density at radius 1 is 1.62 bits per heavy atom. The van der Waals surface area contributed by atoms with Crippen molar-refractivity contribution in [2.75, 3.05) is 14.1 Å². The van der Waals surface area contributed by atoms with Crippen LogP contribution >= 0.6 is 15.9 Å². The molecule has 8 heavy (non-hydrogen) atoms. The second-order valence-electron chi connectivity index (χ2n) is 1.94. The van der Waals surface area contributed by atoms with Gasteiger partial charge in [0.1, 0.15) is 0 Å². The number of nitrogens with zero attached hydrogens (tertiary/aromatic N) is 1. The molecule has 0 amide bonds. The monoisotopic (exact) mass is 179 g/mol. The molecular formula is C5H10BrNO. The summed E-state index contributed by atoms with van der Waals surface area (Å²) in [5, 5.41) is 0. The van der Waals surface area contributed by atoms with E-state index in [1.807, 2.05) is 25.9 Å². The lowest BCUT2D eigenvalue weighted by atomic mass is 10.4. The first-order chi connectivity index (χ1) is 3.55. The fourth-order valence-electron chi connectivity index (χ4n) is 0.203. The second kappa shape index (κ2) is 3.20. The Hall–Kier alpha value is 0.110. The Kier molecular flexibility index (Phi) is 3.24. The molecule has 0 aromatic rings. The van der Waals surface area contributed by atoms with Crippen molar-refractivity contribution in [1.82, 2.24) is 4.90 Å². The first kappa shape index (κ1) is 8.11. The minimum absolute atomic E-state index is 0.0185. The topological polar surface area (TPSA) is 20.3 Å².